The molecule has 0 saturated heterocycles. The van der Waals surface area contributed by atoms with Gasteiger partial charge in [-0.1, -0.05) is 0 Å². The van der Waals surface area contributed by atoms with Crippen molar-refractivity contribution >= 4 is 32.9 Å². The van der Waals surface area contributed by atoms with Crippen molar-refractivity contribution in [3.05, 3.63) is 17.6 Å². The molecule has 0 aromatic carbocycles. The highest BCUT2D eigenvalue weighted by Gasteiger charge is 2.22. The van der Waals surface area contributed by atoms with Crippen LogP contribution in [0.2, 0.25) is 0 Å². The monoisotopic (exact) mass is 272 g/mol. The first-order valence-electron chi connectivity index (χ1n) is 6.55. The van der Waals surface area contributed by atoms with E-state index in [4.69, 9.17) is 11.0 Å². The summed E-state index contributed by atoms with van der Waals surface area (Å²) in [6.07, 6.45) is 5.75. The van der Waals surface area contributed by atoms with Crippen LogP contribution in [0.15, 0.2) is 17.6 Å². The van der Waals surface area contributed by atoms with Gasteiger partial charge in [0.1, 0.15) is 0 Å². The molecule has 0 unspecified atom stereocenters. The van der Waals surface area contributed by atoms with Crippen LogP contribution >= 0.6 is 11.3 Å². The van der Waals surface area contributed by atoms with Crippen molar-refractivity contribution in [2.45, 2.75) is 31.7 Å². The van der Waals surface area contributed by atoms with Crippen LogP contribution in [-0.4, -0.2) is 11.0 Å². The van der Waals surface area contributed by atoms with Gasteiger partial charge in [0, 0.05) is 12.0 Å². The minimum Gasteiger partial charge on any atom is -0.396 e. The molecule has 3 N–H and O–H groups in total. The van der Waals surface area contributed by atoms with E-state index < -0.39 is 0 Å². The van der Waals surface area contributed by atoms with E-state index >= 15 is 0 Å². The normalized spacial score (nSPS) is 23.1. The maximum absolute atomic E-state index is 8.93. The number of rotatable bonds is 2. The predicted octanol–water partition coefficient (Wildman–Crippen LogP) is 3.37. The zero-order valence-electron chi connectivity index (χ0n) is 10.6. The fourth-order valence-electron chi connectivity index (χ4n) is 2.65. The van der Waals surface area contributed by atoms with Crippen molar-refractivity contribution in [1.29, 1.82) is 5.26 Å². The molecule has 4 nitrogen and oxygen atoms in total. The lowest BCUT2D eigenvalue weighted by Crippen LogP contribution is -2.26. The second-order valence-electron chi connectivity index (χ2n) is 5.05. The Morgan fingerprint density at radius 1 is 1.37 bits per heavy atom. The van der Waals surface area contributed by atoms with Gasteiger partial charge in [0.15, 0.2) is 0 Å². The van der Waals surface area contributed by atoms with Crippen molar-refractivity contribution in [2.75, 3.05) is 11.1 Å². The number of nitrogens with two attached hydrogens (primary N) is 1. The van der Waals surface area contributed by atoms with Gasteiger partial charge < -0.3 is 11.1 Å². The van der Waals surface area contributed by atoms with Crippen LogP contribution in [-0.2, 0) is 0 Å². The van der Waals surface area contributed by atoms with Crippen LogP contribution in [0.1, 0.15) is 25.7 Å². The maximum atomic E-state index is 8.93. The van der Waals surface area contributed by atoms with Gasteiger partial charge in [-0.25, -0.2) is 0 Å². The first-order valence-corrected chi connectivity index (χ1v) is 7.43. The molecule has 3 rings (SSSR count). The van der Waals surface area contributed by atoms with Crippen LogP contribution in [0.4, 0.5) is 11.4 Å². The molecule has 0 atom stereocenters. The molecule has 2 aromatic rings. The zero-order chi connectivity index (χ0) is 13.2. The van der Waals surface area contributed by atoms with Crippen LogP contribution < -0.4 is 11.1 Å². The summed E-state index contributed by atoms with van der Waals surface area (Å²) in [5.74, 6) is 0.231. The highest BCUT2D eigenvalue weighted by Crippen LogP contribution is 2.34. The average molecular weight is 272 g/mol. The molecule has 1 fully saturated rings. The van der Waals surface area contributed by atoms with Gasteiger partial charge >= 0.3 is 0 Å². The molecule has 98 valence electrons. The Balaban J connectivity index is 1.80. The number of nitriles is 1. The molecule has 0 aliphatic heterocycles. The maximum Gasteiger partial charge on any atom is 0.0832 e. The molecule has 19 heavy (non-hydrogen) atoms. The van der Waals surface area contributed by atoms with E-state index in [0.29, 0.717) is 11.7 Å². The molecular formula is C14H16N4S. The van der Waals surface area contributed by atoms with Gasteiger partial charge in [-0.3, -0.25) is 4.98 Å². The second kappa shape index (κ2) is 5.06. The number of nitrogen functional groups attached to an aromatic ring is 1. The summed E-state index contributed by atoms with van der Waals surface area (Å²) < 4.78 is 1.13. The summed E-state index contributed by atoms with van der Waals surface area (Å²) in [7, 11) is 0. The number of aromatic nitrogens is 1. The fraction of sp³-hybridized carbons (Fsp3) is 0.429. The van der Waals surface area contributed by atoms with Gasteiger partial charge in [-0.2, -0.15) is 5.26 Å². The largest absolute Gasteiger partial charge is 0.396 e. The lowest BCUT2D eigenvalue weighted by Gasteiger charge is -2.27. The number of fused-ring (bicyclic) bond motifs is 1. The van der Waals surface area contributed by atoms with E-state index in [1.165, 1.54) is 0 Å². The fourth-order valence-corrected chi connectivity index (χ4v) is 3.51. The topological polar surface area (TPSA) is 74.7 Å². The van der Waals surface area contributed by atoms with Crippen molar-refractivity contribution in [2.24, 2.45) is 5.92 Å². The Hall–Kier alpha value is -1.80. The van der Waals surface area contributed by atoms with Crippen LogP contribution in [0, 0.1) is 17.2 Å². The Labute approximate surface area is 116 Å². The SMILES string of the molecule is N#CC1CCC(Nc2c(N)cnc3ccsc23)CC1. The molecule has 0 spiro atoms. The Bertz CT molecular complexity index is 620. The third-order valence-corrected chi connectivity index (χ3v) is 4.68. The molecule has 2 heterocycles. The second-order valence-corrected chi connectivity index (χ2v) is 5.96. The Morgan fingerprint density at radius 3 is 2.89 bits per heavy atom. The van der Waals surface area contributed by atoms with E-state index in [1.807, 2.05) is 11.4 Å². The van der Waals surface area contributed by atoms with E-state index in [2.05, 4.69) is 16.4 Å². The summed E-state index contributed by atoms with van der Waals surface area (Å²) >= 11 is 1.66. The van der Waals surface area contributed by atoms with Crippen LogP contribution in [0.3, 0.4) is 0 Å². The number of hydrogen-bond donors (Lipinski definition) is 2. The third kappa shape index (κ3) is 2.36. The van der Waals surface area contributed by atoms with E-state index in [-0.39, 0.29) is 5.92 Å². The minimum absolute atomic E-state index is 0.231. The number of pyridine rings is 1. The van der Waals surface area contributed by atoms with Gasteiger partial charge in [0.25, 0.3) is 0 Å². The summed E-state index contributed by atoms with van der Waals surface area (Å²) in [6.45, 7) is 0. The van der Waals surface area contributed by atoms with E-state index in [1.54, 1.807) is 17.5 Å². The van der Waals surface area contributed by atoms with Crippen molar-refractivity contribution < 1.29 is 0 Å². The van der Waals surface area contributed by atoms with E-state index in [0.717, 1.165) is 41.6 Å². The molecule has 2 aromatic heterocycles. The van der Waals surface area contributed by atoms with Gasteiger partial charge in [0.2, 0.25) is 0 Å². The molecule has 5 heteroatoms. The smallest absolute Gasteiger partial charge is 0.0832 e. The summed E-state index contributed by atoms with van der Waals surface area (Å²) in [5, 5.41) is 14.5. The first kappa shape index (κ1) is 12.2. The van der Waals surface area contributed by atoms with Crippen molar-refractivity contribution in [1.82, 2.24) is 4.98 Å². The standard InChI is InChI=1S/C14H16N4S/c15-7-9-1-3-10(4-2-9)18-13-11(16)8-17-12-5-6-19-14(12)13/h5-6,8-10H,1-4,16H2,(H,17,18). The summed E-state index contributed by atoms with van der Waals surface area (Å²) in [5.41, 5.74) is 8.76. The average Bonchev–Trinajstić information content (AvgIpc) is 2.91. The molecule has 1 aliphatic rings. The molecule has 0 radical (unpaired) electrons. The summed E-state index contributed by atoms with van der Waals surface area (Å²) in [4.78, 5) is 4.32. The molecule has 0 amide bonds. The van der Waals surface area contributed by atoms with Gasteiger partial charge in [0.05, 0.1) is 33.9 Å². The number of nitrogens with one attached hydrogen (secondary N) is 1. The molecule has 0 bridgehead atoms. The van der Waals surface area contributed by atoms with E-state index in [9.17, 15) is 0 Å². The quantitative estimate of drug-likeness (QED) is 0.879. The van der Waals surface area contributed by atoms with Gasteiger partial charge in [-0.05, 0) is 37.1 Å². The number of hydrogen-bond acceptors (Lipinski definition) is 5. The Morgan fingerprint density at radius 2 is 2.16 bits per heavy atom. The molecular weight excluding hydrogens is 256 g/mol. The molecule has 1 saturated carbocycles. The molecule has 1 aliphatic carbocycles. The van der Waals surface area contributed by atoms with Crippen LogP contribution in [0.5, 0.6) is 0 Å². The van der Waals surface area contributed by atoms with Crippen molar-refractivity contribution in [3.63, 3.8) is 0 Å². The first-order chi connectivity index (χ1) is 9.28. The number of thiophene rings is 1. The highest BCUT2D eigenvalue weighted by atomic mass is 32.1. The number of nitrogens with zero attached hydrogens (tertiary/aromatic N) is 2. The number of anilines is 2. The van der Waals surface area contributed by atoms with Crippen LogP contribution in [0.25, 0.3) is 10.2 Å². The lowest BCUT2D eigenvalue weighted by molar-refractivity contribution is 0.398. The highest BCUT2D eigenvalue weighted by molar-refractivity contribution is 7.17. The lowest BCUT2D eigenvalue weighted by atomic mass is 9.87. The summed E-state index contributed by atoms with van der Waals surface area (Å²) in [6, 6.07) is 4.79. The zero-order valence-corrected chi connectivity index (χ0v) is 11.4. The third-order valence-electron chi connectivity index (χ3n) is 3.76. The Kier molecular flexibility index (Phi) is 3.26. The van der Waals surface area contributed by atoms with Crippen molar-refractivity contribution in [3.8, 4) is 6.07 Å². The van der Waals surface area contributed by atoms with Gasteiger partial charge in [-0.15, -0.1) is 11.3 Å². The predicted molar refractivity (Wildman–Crippen MR) is 79.0 cm³/mol. The minimum atomic E-state index is 0.231.